The molecule has 0 saturated carbocycles. The molecule has 0 amide bonds. The van der Waals surface area contributed by atoms with Gasteiger partial charge >= 0.3 is 7.12 Å². The van der Waals surface area contributed by atoms with Crippen molar-refractivity contribution in [2.45, 2.75) is 25.6 Å². The number of hydrogen-bond acceptors (Lipinski definition) is 5. The van der Waals surface area contributed by atoms with E-state index in [1.807, 2.05) is 26.0 Å². The Hall–Kier alpha value is -1.08. The summed E-state index contributed by atoms with van der Waals surface area (Å²) in [6.45, 7) is 4.41. The van der Waals surface area contributed by atoms with Gasteiger partial charge in [0.15, 0.2) is 0 Å². The number of ether oxygens (including phenoxy) is 1. The second kappa shape index (κ2) is 4.49. The fourth-order valence-electron chi connectivity index (χ4n) is 2.67. The van der Waals surface area contributed by atoms with E-state index in [-0.39, 0.29) is 12.7 Å². The molecular weight excluding hydrogens is 245 g/mol. The van der Waals surface area contributed by atoms with Crippen molar-refractivity contribution in [2.75, 3.05) is 19.8 Å². The van der Waals surface area contributed by atoms with Crippen LogP contribution >= 0.6 is 0 Å². The van der Waals surface area contributed by atoms with E-state index in [0.717, 1.165) is 22.3 Å². The number of hydrogen-bond donors (Lipinski definition) is 2. The molecule has 0 fully saturated rings. The van der Waals surface area contributed by atoms with Gasteiger partial charge in [0.05, 0.1) is 12.7 Å². The Morgan fingerprint density at radius 2 is 2.32 bits per heavy atom. The van der Waals surface area contributed by atoms with Gasteiger partial charge < -0.3 is 24.9 Å². The zero-order valence-electron chi connectivity index (χ0n) is 11.2. The largest absolute Gasteiger partial charge is 0.499 e. The van der Waals surface area contributed by atoms with Gasteiger partial charge in [-0.15, -0.1) is 0 Å². The summed E-state index contributed by atoms with van der Waals surface area (Å²) in [6.07, 6.45) is -0.176. The lowest BCUT2D eigenvalue weighted by molar-refractivity contribution is -0.0265. The van der Waals surface area contributed by atoms with E-state index in [9.17, 15) is 5.11 Å². The molecule has 2 atom stereocenters. The third-order valence-corrected chi connectivity index (χ3v) is 3.78. The van der Waals surface area contributed by atoms with E-state index in [0.29, 0.717) is 13.2 Å². The van der Waals surface area contributed by atoms with Gasteiger partial charge in [-0.05, 0) is 31.0 Å². The summed E-state index contributed by atoms with van der Waals surface area (Å²) in [6, 6.07) is 3.93. The van der Waals surface area contributed by atoms with Crippen molar-refractivity contribution in [2.24, 2.45) is 5.73 Å². The molecule has 2 heterocycles. The van der Waals surface area contributed by atoms with E-state index in [4.69, 9.17) is 19.8 Å². The number of rotatable bonds is 2. The van der Waals surface area contributed by atoms with Crippen molar-refractivity contribution in [3.05, 3.63) is 23.3 Å². The smallest absolute Gasteiger partial charge is 0.491 e. The summed E-state index contributed by atoms with van der Waals surface area (Å²) in [5, 5.41) is 9.48. The summed E-state index contributed by atoms with van der Waals surface area (Å²) < 4.78 is 17.6. The monoisotopic (exact) mass is 263 g/mol. The van der Waals surface area contributed by atoms with Gasteiger partial charge in [-0.1, -0.05) is 6.07 Å². The Kier molecular flexibility index (Phi) is 3.06. The van der Waals surface area contributed by atoms with Crippen LogP contribution in [0.3, 0.4) is 0 Å². The molecular formula is C13H18BNO4. The number of benzene rings is 1. The average molecular weight is 263 g/mol. The van der Waals surface area contributed by atoms with Crippen LogP contribution in [0.15, 0.2) is 12.1 Å². The minimum Gasteiger partial charge on any atom is -0.491 e. The Morgan fingerprint density at radius 3 is 3.00 bits per heavy atom. The summed E-state index contributed by atoms with van der Waals surface area (Å²) in [5.74, 6) is 0.763. The first-order valence-corrected chi connectivity index (χ1v) is 6.48. The molecule has 0 bridgehead atoms. The molecule has 19 heavy (non-hydrogen) atoms. The van der Waals surface area contributed by atoms with Gasteiger partial charge in [0, 0.05) is 12.0 Å². The third-order valence-electron chi connectivity index (χ3n) is 3.78. The molecule has 0 radical (unpaired) electrons. The van der Waals surface area contributed by atoms with Crippen molar-refractivity contribution in [1.82, 2.24) is 0 Å². The van der Waals surface area contributed by atoms with E-state index < -0.39 is 12.7 Å². The van der Waals surface area contributed by atoms with Gasteiger partial charge in [0.25, 0.3) is 0 Å². The highest BCUT2D eigenvalue weighted by atomic mass is 16.6. The average Bonchev–Trinajstić information content (AvgIpc) is 2.70. The highest BCUT2D eigenvalue weighted by Crippen LogP contribution is 2.34. The maximum absolute atomic E-state index is 9.48. The highest BCUT2D eigenvalue weighted by Gasteiger charge is 2.47. The number of aliphatic hydroxyl groups is 1. The molecule has 3 N–H and O–H groups in total. The van der Waals surface area contributed by atoms with Crippen molar-refractivity contribution in [3.8, 4) is 5.75 Å². The van der Waals surface area contributed by atoms with Crippen molar-refractivity contribution >= 4 is 12.6 Å². The Labute approximate surface area is 112 Å². The topological polar surface area (TPSA) is 73.9 Å². The molecule has 5 nitrogen and oxygen atoms in total. The van der Waals surface area contributed by atoms with Crippen molar-refractivity contribution in [1.29, 1.82) is 0 Å². The fraction of sp³-hybridized carbons (Fsp3) is 0.538. The SMILES string of the molecule is Cc1ccc2c3c1[C@@H](CN)OB3O[C@](C)(CO)CO2. The van der Waals surface area contributed by atoms with Crippen molar-refractivity contribution < 1.29 is 19.2 Å². The van der Waals surface area contributed by atoms with Gasteiger partial charge in [-0.2, -0.15) is 0 Å². The van der Waals surface area contributed by atoms with Gasteiger partial charge in [-0.25, -0.2) is 0 Å². The fourth-order valence-corrected chi connectivity index (χ4v) is 2.67. The van der Waals surface area contributed by atoms with E-state index in [2.05, 4.69) is 0 Å². The predicted molar refractivity (Wildman–Crippen MR) is 71.5 cm³/mol. The standard InChI is InChI=1S/C13H18BNO4/c1-8-3-4-9-12-11(8)10(5-15)18-14(12)19-13(2,6-16)7-17-9/h3-4,10,16H,5-7,15H2,1-2H3/t10-,13-/m1/s1. The molecule has 2 aliphatic heterocycles. The summed E-state index contributed by atoms with van der Waals surface area (Å²) in [4.78, 5) is 0. The molecule has 1 aromatic rings. The lowest BCUT2D eigenvalue weighted by Gasteiger charge is -2.27. The van der Waals surface area contributed by atoms with Crippen LogP contribution in [0.5, 0.6) is 5.75 Å². The molecule has 0 spiro atoms. The zero-order chi connectivity index (χ0) is 13.6. The first-order chi connectivity index (χ1) is 9.08. The maximum atomic E-state index is 9.48. The van der Waals surface area contributed by atoms with Gasteiger partial charge in [0.1, 0.15) is 18.0 Å². The van der Waals surface area contributed by atoms with E-state index >= 15 is 0 Å². The minimum atomic E-state index is -0.766. The maximum Gasteiger partial charge on any atom is 0.499 e. The quantitative estimate of drug-likeness (QED) is 0.728. The molecule has 6 heteroatoms. The summed E-state index contributed by atoms with van der Waals surface area (Å²) in [7, 11) is -0.516. The first kappa shape index (κ1) is 12.9. The summed E-state index contributed by atoms with van der Waals surface area (Å²) >= 11 is 0. The first-order valence-electron chi connectivity index (χ1n) is 6.48. The third kappa shape index (κ3) is 1.95. The zero-order valence-corrected chi connectivity index (χ0v) is 11.2. The van der Waals surface area contributed by atoms with Crippen LogP contribution in [0.1, 0.15) is 24.2 Å². The molecule has 0 unspecified atom stereocenters. The lowest BCUT2D eigenvalue weighted by Crippen LogP contribution is -2.45. The van der Waals surface area contributed by atoms with Crippen LogP contribution in [0.25, 0.3) is 0 Å². The van der Waals surface area contributed by atoms with Crippen LogP contribution in [-0.4, -0.2) is 37.6 Å². The molecule has 2 aliphatic rings. The number of aryl methyl sites for hydroxylation is 1. The highest BCUT2D eigenvalue weighted by molar-refractivity contribution is 6.64. The van der Waals surface area contributed by atoms with E-state index in [1.165, 1.54) is 0 Å². The predicted octanol–water partition coefficient (Wildman–Crippen LogP) is -0.120. The van der Waals surface area contributed by atoms with Crippen LogP contribution in [0, 0.1) is 6.92 Å². The Balaban J connectivity index is 2.09. The van der Waals surface area contributed by atoms with Gasteiger partial charge in [-0.3, -0.25) is 0 Å². The lowest BCUT2D eigenvalue weighted by atomic mass is 9.76. The summed E-state index contributed by atoms with van der Waals surface area (Å²) in [5.41, 5.74) is 8.12. The van der Waals surface area contributed by atoms with E-state index in [1.54, 1.807) is 0 Å². The molecule has 0 aliphatic carbocycles. The normalized spacial score (nSPS) is 28.8. The van der Waals surface area contributed by atoms with Crippen LogP contribution in [-0.2, 0) is 9.31 Å². The number of aliphatic hydroxyl groups excluding tert-OH is 1. The minimum absolute atomic E-state index is 0.123. The van der Waals surface area contributed by atoms with Crippen LogP contribution in [0.4, 0.5) is 0 Å². The molecule has 102 valence electrons. The van der Waals surface area contributed by atoms with Crippen molar-refractivity contribution in [3.63, 3.8) is 0 Å². The molecule has 3 rings (SSSR count). The molecule has 1 aromatic carbocycles. The Bertz CT molecular complexity index is 510. The molecule has 0 saturated heterocycles. The second-order valence-corrected chi connectivity index (χ2v) is 5.41. The molecule has 0 aromatic heterocycles. The van der Waals surface area contributed by atoms with Gasteiger partial charge in [0.2, 0.25) is 0 Å². The number of nitrogens with two attached hydrogens (primary N) is 1. The van der Waals surface area contributed by atoms with Crippen LogP contribution < -0.4 is 15.9 Å². The van der Waals surface area contributed by atoms with Crippen LogP contribution in [0.2, 0.25) is 0 Å². The Morgan fingerprint density at radius 1 is 1.53 bits per heavy atom. The second-order valence-electron chi connectivity index (χ2n) is 5.41.